The molecule has 2 unspecified atom stereocenters. The van der Waals surface area contributed by atoms with Crippen molar-refractivity contribution in [3.63, 3.8) is 0 Å². The average molecular weight is 538 g/mol. The normalized spacial score (nSPS) is 18.4. The van der Waals surface area contributed by atoms with E-state index in [0.717, 1.165) is 0 Å². The molecule has 13 nitrogen and oxygen atoms in total. The van der Waals surface area contributed by atoms with E-state index in [1.54, 1.807) is 0 Å². The molecule has 0 heterocycles. The molecule has 0 aromatic carbocycles. The average Bonchev–Trinajstić information content (AvgIpc) is 1.65. The minimum atomic E-state index is -6.26. The monoisotopic (exact) mass is 538 g/mol. The molecule has 0 amide bonds. The van der Waals surface area contributed by atoms with E-state index in [-0.39, 0.29) is 39.0 Å². The third-order valence-electron chi connectivity index (χ3n) is 0.600. The van der Waals surface area contributed by atoms with Gasteiger partial charge in [-0.2, -0.15) is 0 Å². The molecule has 0 radical (unpaired) electrons. The van der Waals surface area contributed by atoms with Crippen molar-refractivity contribution in [1.82, 2.24) is 0 Å². The molecule has 0 aliphatic heterocycles. The second kappa shape index (κ2) is 8.44. The first kappa shape index (κ1) is 25.7. The predicted molar refractivity (Wildman–Crippen MR) is 33.7 cm³/mol. The molecule has 0 saturated heterocycles. The zero-order valence-electron chi connectivity index (χ0n) is 7.76. The fraction of sp³-hybridized carbons (Fsp3) is 0. The molecule has 0 bridgehead atoms. The van der Waals surface area contributed by atoms with Crippen LogP contribution in [0.5, 0.6) is 0 Å². The SMILES string of the molecule is O=P([O-])([O-])OP(=O)([O-])OP(=O)([O-])OP(=O)([O-])[O-].[Rh+3].[Rh+3]. The topological polar surface area (TPSA) is 234 Å². The van der Waals surface area contributed by atoms with Crippen LogP contribution in [0, 0.1) is 0 Å². The van der Waals surface area contributed by atoms with Crippen LogP contribution in [0.3, 0.4) is 0 Å². The zero-order valence-corrected chi connectivity index (χ0v) is 14.6. The van der Waals surface area contributed by atoms with Crippen molar-refractivity contribution >= 4 is 31.3 Å². The van der Waals surface area contributed by atoms with Crippen LogP contribution >= 0.6 is 31.3 Å². The van der Waals surface area contributed by atoms with Gasteiger partial charge in [0.2, 0.25) is 0 Å². The van der Waals surface area contributed by atoms with Gasteiger partial charge in [-0.1, -0.05) is 0 Å². The Morgan fingerprint density at radius 1 is 0.526 bits per heavy atom. The van der Waals surface area contributed by atoms with Crippen LogP contribution in [0.4, 0.5) is 0 Å². The summed E-state index contributed by atoms with van der Waals surface area (Å²) in [4.78, 5) is 60.0. The maximum absolute atomic E-state index is 10.4. The van der Waals surface area contributed by atoms with Crippen LogP contribution in [0.1, 0.15) is 0 Å². The first-order chi connectivity index (χ1) is 7.12. The summed E-state index contributed by atoms with van der Waals surface area (Å²) in [7, 11) is -24.9. The minimum absolute atomic E-state index is 0. The van der Waals surface area contributed by atoms with Gasteiger partial charge in [0.05, 0.1) is 15.6 Å². The van der Waals surface area contributed by atoms with Crippen molar-refractivity contribution in [2.24, 2.45) is 0 Å². The van der Waals surface area contributed by atoms with Crippen LogP contribution in [-0.2, 0) is 70.1 Å². The van der Waals surface area contributed by atoms with Crippen LogP contribution in [0.2, 0.25) is 0 Å². The van der Waals surface area contributed by atoms with Gasteiger partial charge in [0.1, 0.15) is 0 Å². The van der Waals surface area contributed by atoms with Crippen molar-refractivity contribution in [2.75, 3.05) is 0 Å². The molecule has 0 aliphatic carbocycles. The van der Waals surface area contributed by atoms with E-state index in [9.17, 15) is 47.6 Å². The minimum Gasteiger partial charge on any atom is -0.790 e. The molecule has 2 atom stereocenters. The van der Waals surface area contributed by atoms with Crippen LogP contribution < -0.4 is 29.4 Å². The summed E-state index contributed by atoms with van der Waals surface area (Å²) in [5, 5.41) is 0. The molecule has 0 rings (SSSR count). The molecule has 0 aromatic rings. The second-order valence-electron chi connectivity index (χ2n) is 2.03. The zero-order chi connectivity index (χ0) is 14.1. The Hall–Kier alpha value is 1.81. The van der Waals surface area contributed by atoms with Gasteiger partial charge < -0.3 is 38.5 Å². The van der Waals surface area contributed by atoms with Crippen molar-refractivity contribution < 1.29 is 99.5 Å². The molecule has 0 spiro atoms. The molecule has 0 saturated carbocycles. The number of rotatable bonds is 6. The molecule has 0 N–H and O–H groups in total. The molecule has 0 fully saturated rings. The van der Waals surface area contributed by atoms with E-state index in [4.69, 9.17) is 0 Å². The van der Waals surface area contributed by atoms with Gasteiger partial charge in [-0.05, 0) is 0 Å². The fourth-order valence-corrected chi connectivity index (χ4v) is 4.11. The van der Waals surface area contributed by atoms with Crippen molar-refractivity contribution in [2.45, 2.75) is 0 Å². The van der Waals surface area contributed by atoms with Gasteiger partial charge in [-0.3, -0.25) is 17.8 Å². The summed E-state index contributed by atoms with van der Waals surface area (Å²) < 4.78 is 48.5. The Morgan fingerprint density at radius 3 is 0.895 bits per heavy atom. The molecule has 116 valence electrons. The second-order valence-corrected chi connectivity index (χ2v) is 7.57. The summed E-state index contributed by atoms with van der Waals surface area (Å²) in [6.07, 6.45) is 0. The maximum Gasteiger partial charge on any atom is 3.00 e. The van der Waals surface area contributed by atoms with Gasteiger partial charge in [-0.25, -0.2) is 4.31 Å². The van der Waals surface area contributed by atoms with Crippen LogP contribution in [0.25, 0.3) is 0 Å². The van der Waals surface area contributed by atoms with E-state index in [1.165, 1.54) is 0 Å². The molecule has 19 heteroatoms. The number of phosphoric acid groups is 4. The molecular formula is O13P4Rh2. The van der Waals surface area contributed by atoms with Crippen molar-refractivity contribution in [1.29, 1.82) is 0 Å². The number of hydrogen-bond donors (Lipinski definition) is 0. The molecular weight excluding hydrogens is 538 g/mol. The quantitative estimate of drug-likeness (QED) is 0.230. The molecule has 19 heavy (non-hydrogen) atoms. The summed E-state index contributed by atoms with van der Waals surface area (Å²) in [6.45, 7) is 0. The summed E-state index contributed by atoms with van der Waals surface area (Å²) >= 11 is 0. The van der Waals surface area contributed by atoms with Gasteiger partial charge in [0, 0.05) is 0 Å². The Labute approximate surface area is 130 Å². The van der Waals surface area contributed by atoms with E-state index in [2.05, 4.69) is 12.9 Å². The van der Waals surface area contributed by atoms with Crippen LogP contribution in [0.15, 0.2) is 0 Å². The van der Waals surface area contributed by atoms with Gasteiger partial charge in [0.25, 0.3) is 15.6 Å². The third kappa shape index (κ3) is 16.0. The first-order valence-electron chi connectivity index (χ1n) is 2.92. The van der Waals surface area contributed by atoms with Crippen molar-refractivity contribution in [3.05, 3.63) is 0 Å². The predicted octanol–water partition coefficient (Wildman–Crippen LogP) is -4.37. The van der Waals surface area contributed by atoms with E-state index >= 15 is 0 Å². The Kier molecular flexibility index (Phi) is 11.4. The smallest absolute Gasteiger partial charge is 0.790 e. The van der Waals surface area contributed by atoms with E-state index < -0.39 is 31.3 Å². The first-order valence-corrected chi connectivity index (χ1v) is 8.76. The van der Waals surface area contributed by atoms with Gasteiger partial charge >= 0.3 is 39.0 Å². The largest absolute Gasteiger partial charge is 3.00 e. The summed E-state index contributed by atoms with van der Waals surface area (Å²) in [5.74, 6) is 0. The molecule has 0 aliphatic rings. The van der Waals surface area contributed by atoms with Crippen molar-refractivity contribution in [3.8, 4) is 0 Å². The summed E-state index contributed by atoms with van der Waals surface area (Å²) in [6, 6.07) is 0. The maximum atomic E-state index is 10.4. The van der Waals surface area contributed by atoms with Crippen LogP contribution in [-0.4, -0.2) is 0 Å². The molecule has 0 aromatic heterocycles. The summed E-state index contributed by atoms with van der Waals surface area (Å²) in [5.41, 5.74) is 0. The van der Waals surface area contributed by atoms with Gasteiger partial charge in [0.15, 0.2) is 0 Å². The fourth-order valence-electron chi connectivity index (χ4n) is 0.397. The Balaban J connectivity index is -0.00000128. The van der Waals surface area contributed by atoms with E-state index in [0.29, 0.717) is 0 Å². The standard InChI is InChI=1S/H6O13P4.2Rh/c1-14(2,3)11-16(7,8)13-17(9,10)12-15(4,5)6;;/h(H,7,8)(H,9,10)(H2,1,2,3)(H2,4,5,6);;/q;2*+3/p-6. The van der Waals surface area contributed by atoms with E-state index in [1.807, 2.05) is 0 Å². The Morgan fingerprint density at radius 2 is 0.737 bits per heavy atom. The van der Waals surface area contributed by atoms with Gasteiger partial charge in [-0.15, -0.1) is 0 Å². The Bertz CT molecular complexity index is 411. The number of hydrogen-bond acceptors (Lipinski definition) is 13. The third-order valence-corrected chi connectivity index (χ3v) is 5.40.